The zero-order chi connectivity index (χ0) is 20.2. The number of carbonyl (C=O) groups is 2. The van der Waals surface area contributed by atoms with Crippen molar-refractivity contribution in [3.63, 3.8) is 0 Å². The van der Waals surface area contributed by atoms with E-state index in [-0.39, 0.29) is 24.6 Å². The van der Waals surface area contributed by atoms with Crippen LogP contribution in [0.2, 0.25) is 0 Å². The molecule has 1 aromatic heterocycles. The number of hydrogen-bond donors (Lipinski definition) is 1. The van der Waals surface area contributed by atoms with Crippen LogP contribution >= 0.6 is 0 Å². The Balaban J connectivity index is 1.99. The molecular formula is C21H35N3O4. The lowest BCUT2D eigenvalue weighted by Crippen LogP contribution is -2.48. The summed E-state index contributed by atoms with van der Waals surface area (Å²) in [6, 6.07) is 3.52. The number of ether oxygens (including phenoxy) is 1. The highest BCUT2D eigenvalue weighted by molar-refractivity contribution is 5.84. The largest absolute Gasteiger partial charge is 0.467 e. The van der Waals surface area contributed by atoms with E-state index in [1.54, 1.807) is 16.1 Å². The SMILES string of the molecule is CCCCNC(=O)N(CCCC)CC(=O)N(Cc1ccco1)CC1CCCO1. The Labute approximate surface area is 168 Å². The molecule has 7 nitrogen and oxygen atoms in total. The summed E-state index contributed by atoms with van der Waals surface area (Å²) < 4.78 is 11.2. The van der Waals surface area contributed by atoms with Crippen LogP contribution in [0.5, 0.6) is 0 Å². The highest BCUT2D eigenvalue weighted by Crippen LogP contribution is 2.16. The molecule has 0 aliphatic carbocycles. The molecule has 1 aliphatic rings. The van der Waals surface area contributed by atoms with Crippen molar-refractivity contribution in [2.24, 2.45) is 0 Å². The van der Waals surface area contributed by atoms with E-state index < -0.39 is 0 Å². The van der Waals surface area contributed by atoms with E-state index in [1.807, 2.05) is 12.1 Å². The van der Waals surface area contributed by atoms with Gasteiger partial charge in [-0.2, -0.15) is 0 Å². The van der Waals surface area contributed by atoms with Gasteiger partial charge in [-0.15, -0.1) is 0 Å². The molecule has 1 aromatic rings. The lowest BCUT2D eigenvalue weighted by molar-refractivity contribution is -0.134. The normalized spacial score (nSPS) is 16.1. The summed E-state index contributed by atoms with van der Waals surface area (Å²) in [6.45, 7) is 7.12. The fraction of sp³-hybridized carbons (Fsp3) is 0.714. The fourth-order valence-electron chi connectivity index (χ4n) is 3.23. The maximum absolute atomic E-state index is 13.1. The zero-order valence-electron chi connectivity index (χ0n) is 17.3. The molecule has 1 fully saturated rings. The summed E-state index contributed by atoms with van der Waals surface area (Å²) in [6.07, 6.45) is 7.45. The van der Waals surface area contributed by atoms with E-state index in [0.29, 0.717) is 26.2 Å². The highest BCUT2D eigenvalue weighted by atomic mass is 16.5. The molecule has 1 atom stereocenters. The van der Waals surface area contributed by atoms with E-state index in [2.05, 4.69) is 19.2 Å². The average molecular weight is 394 g/mol. The number of nitrogens with one attached hydrogen (secondary N) is 1. The van der Waals surface area contributed by atoms with E-state index in [1.165, 1.54) is 0 Å². The van der Waals surface area contributed by atoms with Gasteiger partial charge in [-0.05, 0) is 37.8 Å². The Morgan fingerprint density at radius 2 is 2.04 bits per heavy atom. The minimum Gasteiger partial charge on any atom is -0.467 e. The summed E-state index contributed by atoms with van der Waals surface area (Å²) >= 11 is 0. The van der Waals surface area contributed by atoms with E-state index >= 15 is 0 Å². The zero-order valence-corrected chi connectivity index (χ0v) is 17.3. The summed E-state index contributed by atoms with van der Waals surface area (Å²) in [7, 11) is 0. The molecule has 0 spiro atoms. The molecule has 1 aliphatic heterocycles. The van der Waals surface area contributed by atoms with Gasteiger partial charge in [0.1, 0.15) is 12.3 Å². The topological polar surface area (TPSA) is 75.0 Å². The molecule has 0 aromatic carbocycles. The van der Waals surface area contributed by atoms with Gasteiger partial charge in [0.2, 0.25) is 5.91 Å². The van der Waals surface area contributed by atoms with Crippen LogP contribution in [0.15, 0.2) is 22.8 Å². The first-order chi connectivity index (χ1) is 13.6. The van der Waals surface area contributed by atoms with Crippen molar-refractivity contribution in [3.05, 3.63) is 24.2 Å². The molecule has 158 valence electrons. The molecule has 0 radical (unpaired) electrons. The molecule has 2 heterocycles. The quantitative estimate of drug-likeness (QED) is 0.552. The fourth-order valence-corrected chi connectivity index (χ4v) is 3.23. The van der Waals surface area contributed by atoms with Crippen molar-refractivity contribution >= 4 is 11.9 Å². The van der Waals surface area contributed by atoms with Gasteiger partial charge in [0.15, 0.2) is 0 Å². The third kappa shape index (κ3) is 7.54. The third-order valence-electron chi connectivity index (χ3n) is 4.93. The predicted molar refractivity (Wildman–Crippen MR) is 108 cm³/mol. The molecule has 28 heavy (non-hydrogen) atoms. The van der Waals surface area contributed by atoms with Crippen molar-refractivity contribution < 1.29 is 18.7 Å². The second kappa shape index (κ2) is 12.4. The molecule has 0 bridgehead atoms. The van der Waals surface area contributed by atoms with Crippen molar-refractivity contribution in [1.82, 2.24) is 15.1 Å². The molecule has 0 saturated carbocycles. The van der Waals surface area contributed by atoms with Gasteiger partial charge in [-0.3, -0.25) is 4.79 Å². The summed E-state index contributed by atoms with van der Waals surface area (Å²) in [5.74, 6) is 0.660. The minimum absolute atomic E-state index is 0.0568. The van der Waals surface area contributed by atoms with Gasteiger partial charge in [-0.1, -0.05) is 26.7 Å². The first-order valence-corrected chi connectivity index (χ1v) is 10.6. The summed E-state index contributed by atoms with van der Waals surface area (Å²) in [4.78, 5) is 29.0. The van der Waals surface area contributed by atoms with Gasteiger partial charge in [0, 0.05) is 26.2 Å². The third-order valence-corrected chi connectivity index (χ3v) is 4.93. The Morgan fingerprint density at radius 3 is 2.68 bits per heavy atom. The van der Waals surface area contributed by atoms with Crippen LogP contribution < -0.4 is 5.32 Å². The standard InChI is InChI=1S/C21H35N3O4/c1-3-5-11-22-21(26)23(12-6-4-2)17-20(25)24(15-18-9-7-13-27-18)16-19-10-8-14-28-19/h7,9,13,19H,3-6,8,10-12,14-17H2,1-2H3,(H,22,26). The number of nitrogens with zero attached hydrogens (tertiary/aromatic N) is 2. The number of unbranched alkanes of at least 4 members (excludes halogenated alkanes) is 2. The summed E-state index contributed by atoms with van der Waals surface area (Å²) in [5.41, 5.74) is 0. The molecule has 3 amide bonds. The lowest BCUT2D eigenvalue weighted by Gasteiger charge is -2.29. The predicted octanol–water partition coefficient (Wildman–Crippen LogP) is 3.40. The van der Waals surface area contributed by atoms with Crippen LogP contribution in [0, 0.1) is 0 Å². The van der Waals surface area contributed by atoms with E-state index in [4.69, 9.17) is 9.15 Å². The second-order valence-electron chi connectivity index (χ2n) is 7.35. The second-order valence-corrected chi connectivity index (χ2v) is 7.35. The first-order valence-electron chi connectivity index (χ1n) is 10.6. The van der Waals surface area contributed by atoms with Crippen LogP contribution in [0.4, 0.5) is 4.79 Å². The number of furan rings is 1. The molecular weight excluding hydrogens is 358 g/mol. The van der Waals surface area contributed by atoms with Crippen LogP contribution in [0.3, 0.4) is 0 Å². The van der Waals surface area contributed by atoms with Gasteiger partial charge in [-0.25, -0.2) is 4.79 Å². The van der Waals surface area contributed by atoms with Crippen molar-refractivity contribution in [1.29, 1.82) is 0 Å². The van der Waals surface area contributed by atoms with Crippen LogP contribution in [0.25, 0.3) is 0 Å². The van der Waals surface area contributed by atoms with E-state index in [9.17, 15) is 9.59 Å². The molecule has 2 rings (SSSR count). The average Bonchev–Trinajstić information content (AvgIpc) is 3.38. The minimum atomic E-state index is -0.162. The van der Waals surface area contributed by atoms with Crippen LogP contribution in [-0.4, -0.2) is 60.6 Å². The van der Waals surface area contributed by atoms with Crippen molar-refractivity contribution in [3.8, 4) is 0 Å². The number of rotatable bonds is 12. The smallest absolute Gasteiger partial charge is 0.317 e. The number of amides is 3. The first kappa shape index (κ1) is 22.3. The Morgan fingerprint density at radius 1 is 1.21 bits per heavy atom. The van der Waals surface area contributed by atoms with Crippen LogP contribution in [0.1, 0.15) is 58.1 Å². The lowest BCUT2D eigenvalue weighted by atomic mass is 10.2. The molecule has 1 unspecified atom stereocenters. The molecule has 7 heteroatoms. The number of carbonyl (C=O) groups excluding carboxylic acids is 2. The Bertz CT molecular complexity index is 570. The summed E-state index contributed by atoms with van der Waals surface area (Å²) in [5, 5.41) is 2.93. The number of hydrogen-bond acceptors (Lipinski definition) is 4. The number of urea groups is 1. The van der Waals surface area contributed by atoms with Crippen molar-refractivity contribution in [2.75, 3.05) is 32.8 Å². The van der Waals surface area contributed by atoms with Gasteiger partial charge in [0.05, 0.1) is 18.9 Å². The molecule has 1 N–H and O–H groups in total. The van der Waals surface area contributed by atoms with E-state index in [0.717, 1.165) is 50.9 Å². The van der Waals surface area contributed by atoms with Gasteiger partial charge < -0.3 is 24.3 Å². The maximum Gasteiger partial charge on any atom is 0.317 e. The van der Waals surface area contributed by atoms with Crippen molar-refractivity contribution in [2.45, 2.75) is 65.0 Å². The van der Waals surface area contributed by atoms with Crippen LogP contribution in [-0.2, 0) is 16.1 Å². The Kier molecular flexibility index (Phi) is 9.90. The molecule has 1 saturated heterocycles. The highest BCUT2D eigenvalue weighted by Gasteiger charge is 2.26. The van der Waals surface area contributed by atoms with Gasteiger partial charge in [0.25, 0.3) is 0 Å². The monoisotopic (exact) mass is 393 g/mol. The Hall–Kier alpha value is -2.02. The van der Waals surface area contributed by atoms with Gasteiger partial charge >= 0.3 is 6.03 Å². The maximum atomic E-state index is 13.1.